The third-order valence-corrected chi connectivity index (χ3v) is 3.40. The molecule has 1 aromatic heterocycles. The second-order valence-corrected chi connectivity index (χ2v) is 4.70. The van der Waals surface area contributed by atoms with Crippen molar-refractivity contribution in [3.63, 3.8) is 0 Å². The first kappa shape index (κ1) is 11.4. The highest BCUT2D eigenvalue weighted by Crippen LogP contribution is 2.25. The normalized spacial score (nSPS) is 16.9. The van der Waals surface area contributed by atoms with Crippen molar-refractivity contribution in [3.8, 4) is 5.88 Å². The zero-order valence-corrected chi connectivity index (χ0v) is 10.5. The smallest absolute Gasteiger partial charge is 0.241 e. The van der Waals surface area contributed by atoms with Crippen molar-refractivity contribution in [2.75, 3.05) is 13.1 Å². The molecule has 1 aliphatic heterocycles. The summed E-state index contributed by atoms with van der Waals surface area (Å²) < 4.78 is 6.01. The minimum atomic E-state index is 0.256. The van der Waals surface area contributed by atoms with Crippen molar-refractivity contribution < 1.29 is 4.74 Å². The van der Waals surface area contributed by atoms with Crippen molar-refractivity contribution in [2.45, 2.75) is 25.9 Å². The lowest BCUT2D eigenvalue weighted by Crippen LogP contribution is -2.34. The second kappa shape index (κ2) is 4.90. The van der Waals surface area contributed by atoms with Gasteiger partial charge in [-0.1, -0.05) is 18.2 Å². The lowest BCUT2D eigenvalue weighted by atomic mass is 10.1. The van der Waals surface area contributed by atoms with E-state index in [0.29, 0.717) is 5.88 Å². The molecule has 2 aromatic rings. The van der Waals surface area contributed by atoms with Gasteiger partial charge < -0.3 is 10.1 Å². The molecule has 1 aliphatic rings. The van der Waals surface area contributed by atoms with Crippen LogP contribution in [0.3, 0.4) is 0 Å². The topological polar surface area (TPSA) is 47.0 Å². The predicted molar refractivity (Wildman–Crippen MR) is 70.8 cm³/mol. The van der Waals surface area contributed by atoms with Crippen molar-refractivity contribution in [1.29, 1.82) is 0 Å². The maximum Gasteiger partial charge on any atom is 0.241 e. The van der Waals surface area contributed by atoms with Gasteiger partial charge in [0.2, 0.25) is 5.88 Å². The second-order valence-electron chi connectivity index (χ2n) is 4.70. The minimum absolute atomic E-state index is 0.256. The highest BCUT2D eigenvalue weighted by Gasteiger charge is 2.17. The molecule has 0 amide bonds. The predicted octanol–water partition coefficient (Wildman–Crippen LogP) is 2.07. The van der Waals surface area contributed by atoms with Crippen LogP contribution < -0.4 is 10.1 Å². The van der Waals surface area contributed by atoms with E-state index in [4.69, 9.17) is 4.74 Å². The summed E-state index contributed by atoms with van der Waals surface area (Å²) in [6, 6.07) is 8.14. The van der Waals surface area contributed by atoms with Crippen LogP contribution in [0.25, 0.3) is 10.8 Å². The molecule has 3 rings (SSSR count). The number of hydrogen-bond acceptors (Lipinski definition) is 4. The Labute approximate surface area is 106 Å². The fourth-order valence-electron chi connectivity index (χ4n) is 2.37. The molecule has 18 heavy (non-hydrogen) atoms. The van der Waals surface area contributed by atoms with Crippen LogP contribution >= 0.6 is 0 Å². The zero-order valence-electron chi connectivity index (χ0n) is 10.5. The first-order valence-electron chi connectivity index (χ1n) is 6.44. The van der Waals surface area contributed by atoms with E-state index in [1.54, 1.807) is 0 Å². The summed E-state index contributed by atoms with van der Waals surface area (Å²) in [7, 11) is 0. The van der Waals surface area contributed by atoms with Crippen LogP contribution in [0.15, 0.2) is 24.3 Å². The molecule has 4 heteroatoms. The summed E-state index contributed by atoms with van der Waals surface area (Å²) in [4.78, 5) is 0. The summed E-state index contributed by atoms with van der Waals surface area (Å²) in [5.41, 5.74) is 0.947. The molecule has 0 atom stereocenters. The number of piperidine rings is 1. The fourth-order valence-corrected chi connectivity index (χ4v) is 2.37. The van der Waals surface area contributed by atoms with Gasteiger partial charge >= 0.3 is 0 Å². The molecule has 0 saturated carbocycles. The van der Waals surface area contributed by atoms with Gasteiger partial charge in [-0.3, -0.25) is 0 Å². The maximum absolute atomic E-state index is 6.01. The number of nitrogens with zero attached hydrogens (tertiary/aromatic N) is 2. The molecule has 0 radical (unpaired) electrons. The van der Waals surface area contributed by atoms with Gasteiger partial charge in [0, 0.05) is 10.8 Å². The molecule has 1 N–H and O–H groups in total. The molecule has 2 heterocycles. The molecule has 0 bridgehead atoms. The van der Waals surface area contributed by atoms with E-state index in [-0.39, 0.29) is 6.10 Å². The Balaban J connectivity index is 1.94. The molecule has 94 valence electrons. The molecule has 0 spiro atoms. The Morgan fingerprint density at radius 2 is 1.83 bits per heavy atom. The number of aryl methyl sites for hydroxylation is 1. The van der Waals surface area contributed by atoms with Crippen LogP contribution in [-0.2, 0) is 0 Å². The Morgan fingerprint density at radius 3 is 2.61 bits per heavy atom. The average molecular weight is 243 g/mol. The van der Waals surface area contributed by atoms with Crippen LogP contribution in [0.5, 0.6) is 5.88 Å². The minimum Gasteiger partial charge on any atom is -0.473 e. The largest absolute Gasteiger partial charge is 0.473 e. The third kappa shape index (κ3) is 2.16. The number of fused-ring (bicyclic) bond motifs is 1. The Bertz CT molecular complexity index is 550. The Kier molecular flexibility index (Phi) is 3.11. The number of rotatable bonds is 2. The van der Waals surface area contributed by atoms with Crippen molar-refractivity contribution in [3.05, 3.63) is 30.0 Å². The standard InChI is InChI=1S/C14H17N3O/c1-10-12-4-2-3-5-13(12)14(17-16-10)18-11-6-8-15-9-7-11/h2-5,11,15H,6-9H2,1H3. The first-order chi connectivity index (χ1) is 8.84. The van der Waals surface area contributed by atoms with Gasteiger partial charge in [0.05, 0.1) is 5.69 Å². The van der Waals surface area contributed by atoms with E-state index in [9.17, 15) is 0 Å². The van der Waals surface area contributed by atoms with Gasteiger partial charge in [-0.15, -0.1) is 5.10 Å². The van der Waals surface area contributed by atoms with E-state index >= 15 is 0 Å². The third-order valence-electron chi connectivity index (χ3n) is 3.40. The quantitative estimate of drug-likeness (QED) is 0.877. The van der Waals surface area contributed by atoms with Crippen molar-refractivity contribution in [1.82, 2.24) is 15.5 Å². The van der Waals surface area contributed by atoms with Crippen molar-refractivity contribution >= 4 is 10.8 Å². The zero-order chi connectivity index (χ0) is 12.4. The molecule has 1 saturated heterocycles. The monoisotopic (exact) mass is 243 g/mol. The lowest BCUT2D eigenvalue weighted by Gasteiger charge is -2.23. The number of nitrogens with one attached hydrogen (secondary N) is 1. The highest BCUT2D eigenvalue weighted by molar-refractivity contribution is 5.88. The van der Waals surface area contributed by atoms with E-state index in [0.717, 1.165) is 42.4 Å². The van der Waals surface area contributed by atoms with Crippen LogP contribution in [0, 0.1) is 6.92 Å². The number of aromatic nitrogens is 2. The van der Waals surface area contributed by atoms with E-state index in [1.165, 1.54) is 0 Å². The van der Waals surface area contributed by atoms with Gasteiger partial charge in [0.1, 0.15) is 6.10 Å². The van der Waals surface area contributed by atoms with Gasteiger partial charge in [-0.25, -0.2) is 0 Å². The van der Waals surface area contributed by atoms with Crippen LogP contribution in [0.1, 0.15) is 18.5 Å². The van der Waals surface area contributed by atoms with Crippen LogP contribution in [0.4, 0.5) is 0 Å². The highest BCUT2D eigenvalue weighted by atomic mass is 16.5. The first-order valence-corrected chi connectivity index (χ1v) is 6.44. The molecule has 1 aromatic carbocycles. The van der Waals surface area contributed by atoms with Crippen LogP contribution in [0.2, 0.25) is 0 Å². The summed E-state index contributed by atoms with van der Waals surface area (Å²) in [5, 5.41) is 13.9. The lowest BCUT2D eigenvalue weighted by molar-refractivity contribution is 0.156. The number of ether oxygens (including phenoxy) is 1. The summed E-state index contributed by atoms with van der Waals surface area (Å²) in [5.74, 6) is 0.670. The Hall–Kier alpha value is -1.68. The molecule has 0 unspecified atom stereocenters. The Morgan fingerprint density at radius 1 is 1.11 bits per heavy atom. The van der Waals surface area contributed by atoms with E-state index in [2.05, 4.69) is 21.6 Å². The van der Waals surface area contributed by atoms with Gasteiger partial charge in [-0.05, 0) is 38.9 Å². The van der Waals surface area contributed by atoms with Gasteiger partial charge in [0.15, 0.2) is 0 Å². The number of benzene rings is 1. The summed E-state index contributed by atoms with van der Waals surface area (Å²) >= 11 is 0. The van der Waals surface area contributed by atoms with E-state index < -0.39 is 0 Å². The van der Waals surface area contributed by atoms with Gasteiger partial charge in [-0.2, -0.15) is 5.10 Å². The average Bonchev–Trinajstić information content (AvgIpc) is 2.44. The maximum atomic E-state index is 6.01. The fraction of sp³-hybridized carbons (Fsp3) is 0.429. The summed E-state index contributed by atoms with van der Waals surface area (Å²) in [6.45, 7) is 4.01. The van der Waals surface area contributed by atoms with E-state index in [1.807, 2.05) is 25.1 Å². The molecule has 4 nitrogen and oxygen atoms in total. The van der Waals surface area contributed by atoms with Crippen LogP contribution in [-0.4, -0.2) is 29.4 Å². The van der Waals surface area contributed by atoms with Crippen molar-refractivity contribution in [2.24, 2.45) is 0 Å². The SMILES string of the molecule is Cc1nnc(OC2CCNCC2)c2ccccc12. The number of hydrogen-bond donors (Lipinski definition) is 1. The molecular weight excluding hydrogens is 226 g/mol. The molecular formula is C14H17N3O. The molecule has 0 aliphatic carbocycles. The summed E-state index contributed by atoms with van der Waals surface area (Å²) in [6.07, 6.45) is 2.32. The van der Waals surface area contributed by atoms with Gasteiger partial charge in [0.25, 0.3) is 0 Å². The molecule has 1 fully saturated rings.